The molecule has 1 amide bonds. The number of carbonyl (C=O) groups is 1. The third-order valence-electron chi connectivity index (χ3n) is 3.62. The molecule has 0 fully saturated rings. The van der Waals surface area contributed by atoms with Crippen LogP contribution < -0.4 is 5.32 Å². The molecular formula is C18H18N4O. The van der Waals surface area contributed by atoms with Gasteiger partial charge in [0, 0.05) is 31.1 Å². The van der Waals surface area contributed by atoms with E-state index in [9.17, 15) is 4.79 Å². The Morgan fingerprint density at radius 3 is 2.61 bits per heavy atom. The number of carbonyl (C=O) groups excluding carboxylic acids is 1. The van der Waals surface area contributed by atoms with E-state index in [4.69, 9.17) is 0 Å². The summed E-state index contributed by atoms with van der Waals surface area (Å²) in [6, 6.07) is 13.8. The number of pyridine rings is 1. The summed E-state index contributed by atoms with van der Waals surface area (Å²) in [7, 11) is 0. The Bertz CT molecular complexity index is 793. The van der Waals surface area contributed by atoms with Gasteiger partial charge in [-0.3, -0.25) is 9.78 Å². The molecule has 5 heteroatoms. The standard InChI is InChI=1S/C18H18N4O/c1-13(20-14(2)23)15-5-7-17(8-6-15)22-11-9-18(21-22)16-4-3-10-19-12-16/h3-13H,1-2H3,(H,20,23)/t13-/m1/s1. The maximum absolute atomic E-state index is 11.1. The van der Waals surface area contributed by atoms with E-state index in [2.05, 4.69) is 15.4 Å². The summed E-state index contributed by atoms with van der Waals surface area (Å²) < 4.78 is 1.83. The molecule has 0 bridgehead atoms. The first kappa shape index (κ1) is 15.0. The fourth-order valence-corrected chi connectivity index (χ4v) is 2.44. The normalized spacial score (nSPS) is 11.9. The first-order valence-corrected chi connectivity index (χ1v) is 7.47. The minimum absolute atomic E-state index is 0.00914. The number of benzene rings is 1. The number of aromatic nitrogens is 3. The summed E-state index contributed by atoms with van der Waals surface area (Å²) in [5.74, 6) is -0.0326. The van der Waals surface area contributed by atoms with Crippen molar-refractivity contribution < 1.29 is 4.79 Å². The zero-order valence-corrected chi connectivity index (χ0v) is 13.1. The van der Waals surface area contributed by atoms with Gasteiger partial charge in [0.2, 0.25) is 5.91 Å². The lowest BCUT2D eigenvalue weighted by Gasteiger charge is -2.13. The van der Waals surface area contributed by atoms with Crippen LogP contribution in [0.5, 0.6) is 0 Å². The summed E-state index contributed by atoms with van der Waals surface area (Å²) in [5.41, 5.74) is 3.90. The van der Waals surface area contributed by atoms with Gasteiger partial charge in [-0.1, -0.05) is 12.1 Å². The lowest BCUT2D eigenvalue weighted by atomic mass is 10.1. The molecule has 3 rings (SSSR count). The molecule has 0 unspecified atom stereocenters. The molecule has 5 nitrogen and oxygen atoms in total. The second kappa shape index (κ2) is 6.44. The van der Waals surface area contributed by atoms with E-state index in [1.54, 1.807) is 12.4 Å². The molecule has 1 N–H and O–H groups in total. The minimum Gasteiger partial charge on any atom is -0.350 e. The van der Waals surface area contributed by atoms with Gasteiger partial charge < -0.3 is 5.32 Å². The molecule has 0 saturated carbocycles. The molecule has 23 heavy (non-hydrogen) atoms. The van der Waals surface area contributed by atoms with Crippen LogP contribution in [0.4, 0.5) is 0 Å². The monoisotopic (exact) mass is 306 g/mol. The highest BCUT2D eigenvalue weighted by Crippen LogP contribution is 2.19. The van der Waals surface area contributed by atoms with E-state index < -0.39 is 0 Å². The molecule has 1 aromatic carbocycles. The Balaban J connectivity index is 1.80. The van der Waals surface area contributed by atoms with E-state index in [1.165, 1.54) is 6.92 Å². The Morgan fingerprint density at radius 2 is 1.96 bits per heavy atom. The zero-order valence-electron chi connectivity index (χ0n) is 13.1. The van der Waals surface area contributed by atoms with Gasteiger partial charge in [-0.25, -0.2) is 4.68 Å². The number of hydrogen-bond acceptors (Lipinski definition) is 3. The average Bonchev–Trinajstić information content (AvgIpc) is 3.05. The van der Waals surface area contributed by atoms with E-state index in [0.717, 1.165) is 22.5 Å². The van der Waals surface area contributed by atoms with Gasteiger partial charge in [-0.2, -0.15) is 5.10 Å². The third-order valence-corrected chi connectivity index (χ3v) is 3.62. The highest BCUT2D eigenvalue weighted by molar-refractivity contribution is 5.73. The molecule has 0 aliphatic rings. The number of amides is 1. The lowest BCUT2D eigenvalue weighted by Crippen LogP contribution is -2.23. The van der Waals surface area contributed by atoms with Gasteiger partial charge in [0.15, 0.2) is 0 Å². The molecule has 0 radical (unpaired) electrons. The molecule has 2 heterocycles. The zero-order chi connectivity index (χ0) is 16.2. The van der Waals surface area contributed by atoms with Gasteiger partial charge >= 0.3 is 0 Å². The summed E-state index contributed by atoms with van der Waals surface area (Å²) in [6.45, 7) is 3.49. The SMILES string of the molecule is CC(=O)N[C@H](C)c1ccc(-n2ccc(-c3cccnc3)n2)cc1. The highest BCUT2D eigenvalue weighted by Gasteiger charge is 2.08. The molecule has 116 valence electrons. The van der Waals surface area contributed by atoms with Crippen molar-refractivity contribution in [3.8, 4) is 16.9 Å². The molecule has 3 aromatic rings. The van der Waals surface area contributed by atoms with Crippen LogP contribution >= 0.6 is 0 Å². The second-order valence-electron chi connectivity index (χ2n) is 5.40. The Morgan fingerprint density at radius 1 is 1.17 bits per heavy atom. The summed E-state index contributed by atoms with van der Waals surface area (Å²) in [6.07, 6.45) is 5.47. The minimum atomic E-state index is -0.0326. The van der Waals surface area contributed by atoms with Gasteiger partial charge in [0.1, 0.15) is 0 Å². The molecule has 1 atom stereocenters. The third kappa shape index (κ3) is 3.45. The van der Waals surface area contributed by atoms with Crippen LogP contribution in [0.2, 0.25) is 0 Å². The Hall–Kier alpha value is -2.95. The maximum atomic E-state index is 11.1. The van der Waals surface area contributed by atoms with Crippen molar-refractivity contribution in [3.05, 3.63) is 66.6 Å². The van der Waals surface area contributed by atoms with Gasteiger partial charge in [-0.15, -0.1) is 0 Å². The summed E-state index contributed by atoms with van der Waals surface area (Å²) in [5, 5.41) is 7.46. The van der Waals surface area contributed by atoms with Gasteiger partial charge in [0.25, 0.3) is 0 Å². The highest BCUT2D eigenvalue weighted by atomic mass is 16.1. The second-order valence-corrected chi connectivity index (χ2v) is 5.40. The molecule has 0 aliphatic heterocycles. The van der Waals surface area contributed by atoms with Crippen molar-refractivity contribution in [1.82, 2.24) is 20.1 Å². The topological polar surface area (TPSA) is 59.8 Å². The fraction of sp³-hybridized carbons (Fsp3) is 0.167. The number of nitrogens with one attached hydrogen (secondary N) is 1. The quantitative estimate of drug-likeness (QED) is 0.805. The summed E-state index contributed by atoms with van der Waals surface area (Å²) in [4.78, 5) is 15.2. The predicted octanol–water partition coefficient (Wildman–Crippen LogP) is 3.13. The fourth-order valence-electron chi connectivity index (χ4n) is 2.44. The smallest absolute Gasteiger partial charge is 0.217 e. The van der Waals surface area contributed by atoms with E-state index >= 15 is 0 Å². The van der Waals surface area contributed by atoms with E-state index in [0.29, 0.717) is 0 Å². The number of rotatable bonds is 4. The van der Waals surface area contributed by atoms with Crippen LogP contribution in [0, 0.1) is 0 Å². The van der Waals surface area contributed by atoms with Crippen molar-refractivity contribution in [2.45, 2.75) is 19.9 Å². The van der Waals surface area contributed by atoms with Crippen LogP contribution in [-0.4, -0.2) is 20.7 Å². The first-order valence-electron chi connectivity index (χ1n) is 7.47. The average molecular weight is 306 g/mol. The van der Waals surface area contributed by atoms with Crippen molar-refractivity contribution in [2.75, 3.05) is 0 Å². The van der Waals surface area contributed by atoms with Crippen LogP contribution in [0.25, 0.3) is 16.9 Å². The van der Waals surface area contributed by atoms with Crippen molar-refractivity contribution in [3.63, 3.8) is 0 Å². The molecule has 2 aromatic heterocycles. The van der Waals surface area contributed by atoms with Crippen LogP contribution in [0.15, 0.2) is 61.1 Å². The van der Waals surface area contributed by atoms with Crippen LogP contribution in [0.3, 0.4) is 0 Å². The van der Waals surface area contributed by atoms with E-state index in [1.807, 2.05) is 60.3 Å². The van der Waals surface area contributed by atoms with Crippen molar-refractivity contribution >= 4 is 5.91 Å². The molecule has 0 saturated heterocycles. The van der Waals surface area contributed by atoms with Crippen molar-refractivity contribution in [1.29, 1.82) is 0 Å². The predicted molar refractivity (Wildman–Crippen MR) is 89.0 cm³/mol. The summed E-state index contributed by atoms with van der Waals surface area (Å²) >= 11 is 0. The maximum Gasteiger partial charge on any atom is 0.217 e. The lowest BCUT2D eigenvalue weighted by molar-refractivity contribution is -0.119. The molecular weight excluding hydrogens is 288 g/mol. The van der Waals surface area contributed by atoms with Gasteiger partial charge in [0.05, 0.1) is 17.4 Å². The van der Waals surface area contributed by atoms with E-state index in [-0.39, 0.29) is 11.9 Å². The largest absolute Gasteiger partial charge is 0.350 e. The van der Waals surface area contributed by atoms with Gasteiger partial charge in [-0.05, 0) is 42.8 Å². The Labute approximate surface area is 135 Å². The van der Waals surface area contributed by atoms with Crippen LogP contribution in [0.1, 0.15) is 25.5 Å². The van der Waals surface area contributed by atoms with Crippen LogP contribution in [-0.2, 0) is 4.79 Å². The molecule has 0 spiro atoms. The first-order chi connectivity index (χ1) is 11.1. The Kier molecular flexibility index (Phi) is 4.19. The number of hydrogen-bond donors (Lipinski definition) is 1. The number of nitrogens with zero attached hydrogens (tertiary/aromatic N) is 3. The molecule has 0 aliphatic carbocycles. The van der Waals surface area contributed by atoms with Crippen molar-refractivity contribution in [2.24, 2.45) is 0 Å².